The Kier molecular flexibility index (Phi) is 7.74. The molecule has 0 fully saturated rings. The van der Waals surface area contributed by atoms with Gasteiger partial charge in [0.15, 0.2) is 0 Å². The van der Waals surface area contributed by atoms with Crippen molar-refractivity contribution in [1.82, 2.24) is 10.0 Å². The molecule has 0 bridgehead atoms. The van der Waals surface area contributed by atoms with E-state index >= 15 is 0 Å². The second-order valence-corrected chi connectivity index (χ2v) is 8.03. The van der Waals surface area contributed by atoms with Gasteiger partial charge in [-0.15, -0.1) is 0 Å². The molecule has 9 heteroatoms. The van der Waals surface area contributed by atoms with Crippen LogP contribution in [0.3, 0.4) is 0 Å². The SMILES string of the molecule is CCC(=O)Nc1ccc(C(=O)NCCNS(=O)(=O)c2ccc(OC)c(C)c2)cc1. The Morgan fingerprint density at radius 3 is 2.31 bits per heavy atom. The van der Waals surface area contributed by atoms with E-state index in [1.165, 1.54) is 19.2 Å². The van der Waals surface area contributed by atoms with E-state index in [2.05, 4.69) is 15.4 Å². The predicted octanol–water partition coefficient (Wildman–Crippen LogP) is 2.06. The molecule has 0 spiro atoms. The zero-order valence-corrected chi connectivity index (χ0v) is 17.4. The summed E-state index contributed by atoms with van der Waals surface area (Å²) < 4.78 is 32.3. The molecule has 2 rings (SSSR count). The predicted molar refractivity (Wildman–Crippen MR) is 111 cm³/mol. The van der Waals surface area contributed by atoms with Crippen LogP contribution < -0.4 is 20.1 Å². The summed E-state index contributed by atoms with van der Waals surface area (Å²) in [5, 5.41) is 5.35. The molecule has 29 heavy (non-hydrogen) atoms. The summed E-state index contributed by atoms with van der Waals surface area (Å²) in [5.74, 6) is 0.163. The highest BCUT2D eigenvalue weighted by Crippen LogP contribution is 2.21. The molecule has 8 nitrogen and oxygen atoms in total. The fourth-order valence-corrected chi connectivity index (χ4v) is 3.64. The molecule has 0 saturated heterocycles. The standard InChI is InChI=1S/C20H25N3O5S/c1-4-19(24)23-16-7-5-15(6-8-16)20(25)21-11-12-22-29(26,27)17-9-10-18(28-3)14(2)13-17/h5-10,13,22H,4,11-12H2,1-3H3,(H,21,25)(H,23,24). The van der Waals surface area contributed by atoms with Crippen molar-refractivity contribution < 1.29 is 22.7 Å². The summed E-state index contributed by atoms with van der Waals surface area (Å²) in [6, 6.07) is 11.0. The Balaban J connectivity index is 1.85. The third kappa shape index (κ3) is 6.30. The van der Waals surface area contributed by atoms with Crippen LogP contribution in [0.2, 0.25) is 0 Å². The normalized spacial score (nSPS) is 11.0. The summed E-state index contributed by atoms with van der Waals surface area (Å²) in [5.41, 5.74) is 1.73. The van der Waals surface area contributed by atoms with E-state index < -0.39 is 10.0 Å². The van der Waals surface area contributed by atoms with Gasteiger partial charge in [0.25, 0.3) is 5.91 Å². The van der Waals surface area contributed by atoms with E-state index in [0.29, 0.717) is 29.0 Å². The zero-order chi connectivity index (χ0) is 21.4. The minimum Gasteiger partial charge on any atom is -0.496 e. The number of ether oxygens (including phenoxy) is 1. The number of rotatable bonds is 9. The summed E-state index contributed by atoms with van der Waals surface area (Å²) in [6.45, 7) is 3.68. The van der Waals surface area contributed by atoms with Gasteiger partial charge in [0.2, 0.25) is 15.9 Å². The van der Waals surface area contributed by atoms with E-state index in [0.717, 1.165) is 0 Å². The quantitative estimate of drug-likeness (QED) is 0.539. The Bertz CT molecular complexity index is 972. The van der Waals surface area contributed by atoms with Crippen molar-refractivity contribution in [1.29, 1.82) is 0 Å². The fourth-order valence-electron chi connectivity index (χ4n) is 2.52. The van der Waals surface area contributed by atoms with E-state index in [1.54, 1.807) is 44.2 Å². The largest absolute Gasteiger partial charge is 0.496 e. The lowest BCUT2D eigenvalue weighted by Crippen LogP contribution is -2.34. The van der Waals surface area contributed by atoms with Crippen molar-refractivity contribution in [2.45, 2.75) is 25.2 Å². The first-order valence-electron chi connectivity index (χ1n) is 9.09. The highest BCUT2D eigenvalue weighted by atomic mass is 32.2. The number of carbonyl (C=O) groups excluding carboxylic acids is 2. The van der Waals surface area contributed by atoms with Gasteiger partial charge in [-0.05, 0) is 55.0 Å². The molecule has 0 aromatic heterocycles. The van der Waals surface area contributed by atoms with Crippen LogP contribution in [0.25, 0.3) is 0 Å². The van der Waals surface area contributed by atoms with Crippen LogP contribution in [0.15, 0.2) is 47.4 Å². The highest BCUT2D eigenvalue weighted by Gasteiger charge is 2.15. The number of sulfonamides is 1. The molecule has 0 heterocycles. The lowest BCUT2D eigenvalue weighted by molar-refractivity contribution is -0.115. The van der Waals surface area contributed by atoms with Crippen LogP contribution in [-0.2, 0) is 14.8 Å². The highest BCUT2D eigenvalue weighted by molar-refractivity contribution is 7.89. The first kappa shape index (κ1) is 22.4. The number of carbonyl (C=O) groups is 2. The second-order valence-electron chi connectivity index (χ2n) is 6.26. The third-order valence-electron chi connectivity index (χ3n) is 4.13. The van der Waals surface area contributed by atoms with Gasteiger partial charge >= 0.3 is 0 Å². The molecule has 0 aliphatic heterocycles. The Hall–Kier alpha value is -2.91. The van der Waals surface area contributed by atoms with E-state index in [-0.39, 0.29) is 29.8 Å². The number of hydrogen-bond donors (Lipinski definition) is 3. The van der Waals surface area contributed by atoms with Gasteiger partial charge in [-0.1, -0.05) is 6.92 Å². The summed E-state index contributed by atoms with van der Waals surface area (Å²) in [6.07, 6.45) is 0.369. The van der Waals surface area contributed by atoms with Gasteiger partial charge in [0, 0.05) is 30.8 Å². The molecule has 3 N–H and O–H groups in total. The van der Waals surface area contributed by atoms with Gasteiger partial charge in [-0.3, -0.25) is 9.59 Å². The van der Waals surface area contributed by atoms with Crippen LogP contribution in [0.5, 0.6) is 5.75 Å². The van der Waals surface area contributed by atoms with E-state index in [4.69, 9.17) is 4.74 Å². The van der Waals surface area contributed by atoms with Gasteiger partial charge < -0.3 is 15.4 Å². The maximum atomic E-state index is 12.3. The molecular weight excluding hydrogens is 394 g/mol. The van der Waals surface area contributed by atoms with Crippen LogP contribution in [0, 0.1) is 6.92 Å². The zero-order valence-electron chi connectivity index (χ0n) is 16.6. The van der Waals surface area contributed by atoms with E-state index in [1.807, 2.05) is 0 Å². The van der Waals surface area contributed by atoms with Gasteiger partial charge in [-0.2, -0.15) is 0 Å². The maximum Gasteiger partial charge on any atom is 0.251 e. The van der Waals surface area contributed by atoms with Crippen LogP contribution in [-0.4, -0.2) is 40.4 Å². The molecule has 0 saturated carbocycles. The van der Waals surface area contributed by atoms with Gasteiger partial charge in [0.05, 0.1) is 12.0 Å². The minimum absolute atomic E-state index is 0.0454. The molecular formula is C20H25N3O5S. The Labute approximate surface area is 170 Å². The lowest BCUT2D eigenvalue weighted by atomic mass is 10.2. The molecule has 0 radical (unpaired) electrons. The molecule has 2 amide bonds. The molecule has 0 aliphatic rings. The number of nitrogens with one attached hydrogen (secondary N) is 3. The second kappa shape index (κ2) is 10.0. The van der Waals surface area contributed by atoms with Gasteiger partial charge in [0.1, 0.15) is 5.75 Å². The third-order valence-corrected chi connectivity index (χ3v) is 5.59. The number of hydrogen-bond acceptors (Lipinski definition) is 5. The first-order valence-corrected chi connectivity index (χ1v) is 10.6. The summed E-state index contributed by atoms with van der Waals surface area (Å²) in [7, 11) is -2.17. The van der Waals surface area contributed by atoms with Crippen molar-refractivity contribution in [3.05, 3.63) is 53.6 Å². The average molecular weight is 420 g/mol. The van der Waals surface area contributed by atoms with E-state index in [9.17, 15) is 18.0 Å². The molecule has 156 valence electrons. The molecule has 0 unspecified atom stereocenters. The number of anilines is 1. The summed E-state index contributed by atoms with van der Waals surface area (Å²) >= 11 is 0. The average Bonchev–Trinajstić information content (AvgIpc) is 2.71. The lowest BCUT2D eigenvalue weighted by Gasteiger charge is -2.10. The molecule has 2 aromatic carbocycles. The Morgan fingerprint density at radius 1 is 1.03 bits per heavy atom. The fraction of sp³-hybridized carbons (Fsp3) is 0.300. The van der Waals surface area contributed by atoms with Crippen molar-refractivity contribution in [3.8, 4) is 5.75 Å². The topological polar surface area (TPSA) is 114 Å². The van der Waals surface area contributed by atoms with Crippen molar-refractivity contribution in [2.75, 3.05) is 25.5 Å². The molecule has 0 aliphatic carbocycles. The first-order chi connectivity index (χ1) is 13.8. The van der Waals surface area contributed by atoms with Gasteiger partial charge in [-0.25, -0.2) is 13.1 Å². The van der Waals surface area contributed by atoms with Crippen molar-refractivity contribution in [3.63, 3.8) is 0 Å². The Morgan fingerprint density at radius 2 is 1.72 bits per heavy atom. The molecule has 2 aromatic rings. The number of benzene rings is 2. The number of amides is 2. The smallest absolute Gasteiger partial charge is 0.251 e. The monoisotopic (exact) mass is 419 g/mol. The summed E-state index contributed by atoms with van der Waals surface area (Å²) in [4.78, 5) is 23.6. The van der Waals surface area contributed by atoms with Crippen LogP contribution >= 0.6 is 0 Å². The molecule has 0 atom stereocenters. The van der Waals surface area contributed by atoms with Crippen LogP contribution in [0.1, 0.15) is 29.3 Å². The number of methoxy groups -OCH3 is 1. The maximum absolute atomic E-state index is 12.3. The van der Waals surface area contributed by atoms with Crippen molar-refractivity contribution in [2.24, 2.45) is 0 Å². The van der Waals surface area contributed by atoms with Crippen LogP contribution in [0.4, 0.5) is 5.69 Å². The minimum atomic E-state index is -3.69. The number of aryl methyl sites for hydroxylation is 1. The van der Waals surface area contributed by atoms with Crippen molar-refractivity contribution >= 4 is 27.5 Å².